The summed E-state index contributed by atoms with van der Waals surface area (Å²) in [4.78, 5) is 6.41. The van der Waals surface area contributed by atoms with Crippen molar-refractivity contribution < 1.29 is 18.3 Å². The van der Waals surface area contributed by atoms with E-state index in [1.54, 1.807) is 19.1 Å². The fourth-order valence-corrected chi connectivity index (χ4v) is 4.09. The summed E-state index contributed by atoms with van der Waals surface area (Å²) in [6.45, 7) is 3.81. The van der Waals surface area contributed by atoms with Crippen molar-refractivity contribution in [2.45, 2.75) is 32.0 Å². The first-order valence-electron chi connectivity index (χ1n) is 10.1. The Morgan fingerprint density at radius 3 is 2.57 bits per heavy atom. The number of hydrogen-bond donors (Lipinski definition) is 2. The number of aliphatic hydroxyl groups excluding tert-OH is 1. The molecule has 3 aromatic rings. The molecule has 1 fully saturated rings. The highest BCUT2D eigenvalue weighted by molar-refractivity contribution is 5.86. The van der Waals surface area contributed by atoms with Crippen LogP contribution in [0.5, 0.6) is 0 Å². The van der Waals surface area contributed by atoms with Crippen LogP contribution in [0.25, 0.3) is 10.9 Å². The molecule has 1 saturated heterocycles. The van der Waals surface area contributed by atoms with Gasteiger partial charge in [0.1, 0.15) is 0 Å². The van der Waals surface area contributed by atoms with E-state index in [-0.39, 0.29) is 12.1 Å². The Hall–Kier alpha value is -2.80. The summed E-state index contributed by atoms with van der Waals surface area (Å²) >= 11 is 0. The summed E-state index contributed by atoms with van der Waals surface area (Å²) in [6, 6.07) is 13.5. The lowest BCUT2D eigenvalue weighted by Crippen LogP contribution is -2.20. The lowest BCUT2D eigenvalue weighted by molar-refractivity contribution is -0.136. The summed E-state index contributed by atoms with van der Waals surface area (Å²) in [5.41, 5.74) is 1.95. The molecule has 4 nitrogen and oxygen atoms in total. The molecule has 0 radical (unpaired) electrons. The smallest absolute Gasteiger partial charge is 0.387 e. The molecule has 158 valence electrons. The minimum atomic E-state index is -4.50. The van der Waals surface area contributed by atoms with Gasteiger partial charge in [-0.15, -0.1) is 0 Å². The van der Waals surface area contributed by atoms with Crippen LogP contribution in [0, 0.1) is 6.92 Å². The second-order valence-corrected chi connectivity index (χ2v) is 7.66. The van der Waals surface area contributed by atoms with E-state index in [9.17, 15) is 18.3 Å². The standard InChI is InChI=1S/C23H24F3N3O/c1-15-13-17(16-7-6-8-18(22(16)28-15)23(24,25)26)21(30)14-27-19-9-2-3-10-20(19)29-11-4-5-12-29/h2-3,6-10,13,21,27,30H,4-5,11-12,14H2,1H3. The third kappa shape index (κ3) is 4.07. The van der Waals surface area contributed by atoms with Gasteiger partial charge in [-0.25, -0.2) is 0 Å². The molecule has 0 amide bonds. The van der Waals surface area contributed by atoms with E-state index >= 15 is 0 Å². The molecule has 1 aromatic heterocycles. The van der Waals surface area contributed by atoms with Crippen LogP contribution < -0.4 is 10.2 Å². The summed E-state index contributed by atoms with van der Waals surface area (Å²) in [5.74, 6) is 0. The quantitative estimate of drug-likeness (QED) is 0.593. The second-order valence-electron chi connectivity index (χ2n) is 7.66. The Morgan fingerprint density at radius 1 is 1.10 bits per heavy atom. The van der Waals surface area contributed by atoms with Gasteiger partial charge >= 0.3 is 6.18 Å². The van der Waals surface area contributed by atoms with Gasteiger partial charge in [-0.2, -0.15) is 13.2 Å². The normalized spacial score (nSPS) is 15.6. The Morgan fingerprint density at radius 2 is 1.83 bits per heavy atom. The van der Waals surface area contributed by atoms with E-state index in [4.69, 9.17) is 0 Å². The predicted molar refractivity (Wildman–Crippen MR) is 113 cm³/mol. The van der Waals surface area contributed by atoms with Crippen molar-refractivity contribution in [2.24, 2.45) is 0 Å². The van der Waals surface area contributed by atoms with Crippen molar-refractivity contribution in [3.05, 3.63) is 65.4 Å². The van der Waals surface area contributed by atoms with E-state index in [1.807, 2.05) is 24.3 Å². The maximum atomic E-state index is 13.4. The van der Waals surface area contributed by atoms with Crippen LogP contribution >= 0.6 is 0 Å². The Balaban J connectivity index is 1.63. The first-order chi connectivity index (χ1) is 14.3. The second kappa shape index (κ2) is 8.14. The number of para-hydroxylation sites is 3. The van der Waals surface area contributed by atoms with Gasteiger partial charge in [0.2, 0.25) is 0 Å². The number of aryl methyl sites for hydroxylation is 1. The molecule has 7 heteroatoms. The first-order valence-corrected chi connectivity index (χ1v) is 10.1. The number of alkyl halides is 3. The molecule has 2 N–H and O–H groups in total. The van der Waals surface area contributed by atoms with Crippen molar-refractivity contribution in [3.63, 3.8) is 0 Å². The Labute approximate surface area is 173 Å². The molecule has 4 rings (SSSR count). The van der Waals surface area contributed by atoms with Crippen LogP contribution in [-0.2, 0) is 6.18 Å². The molecule has 1 unspecified atom stereocenters. The highest BCUT2D eigenvalue weighted by Gasteiger charge is 2.33. The number of rotatable bonds is 5. The highest BCUT2D eigenvalue weighted by Crippen LogP contribution is 2.36. The number of benzene rings is 2. The summed E-state index contributed by atoms with van der Waals surface area (Å²) in [5, 5.41) is 14.5. The molecule has 2 aromatic carbocycles. The van der Waals surface area contributed by atoms with E-state index in [1.165, 1.54) is 6.07 Å². The van der Waals surface area contributed by atoms with Crippen molar-refractivity contribution in [2.75, 3.05) is 29.9 Å². The largest absolute Gasteiger partial charge is 0.418 e. The summed E-state index contributed by atoms with van der Waals surface area (Å²) in [6.07, 6.45) is -3.18. The van der Waals surface area contributed by atoms with Crippen LogP contribution in [0.1, 0.15) is 35.8 Å². The van der Waals surface area contributed by atoms with Crippen molar-refractivity contribution in [1.29, 1.82) is 0 Å². The molecule has 1 atom stereocenters. The third-order valence-corrected chi connectivity index (χ3v) is 5.50. The van der Waals surface area contributed by atoms with E-state index < -0.39 is 17.8 Å². The van der Waals surface area contributed by atoms with Gasteiger partial charge < -0.3 is 15.3 Å². The van der Waals surface area contributed by atoms with Gasteiger partial charge in [0.05, 0.1) is 28.6 Å². The van der Waals surface area contributed by atoms with Crippen LogP contribution in [0.2, 0.25) is 0 Å². The van der Waals surface area contributed by atoms with Crippen molar-refractivity contribution in [3.8, 4) is 0 Å². The number of pyridine rings is 1. The maximum absolute atomic E-state index is 13.4. The number of nitrogens with zero attached hydrogens (tertiary/aromatic N) is 2. The Bertz CT molecular complexity index is 1050. The average Bonchev–Trinajstić information content (AvgIpc) is 3.25. The zero-order valence-electron chi connectivity index (χ0n) is 16.7. The molecule has 2 heterocycles. The summed E-state index contributed by atoms with van der Waals surface area (Å²) < 4.78 is 40.3. The molecule has 1 aliphatic rings. The lowest BCUT2D eigenvalue weighted by atomic mass is 9.99. The van der Waals surface area contributed by atoms with E-state index in [0.717, 1.165) is 43.4 Å². The van der Waals surface area contributed by atoms with Gasteiger partial charge in [0.25, 0.3) is 0 Å². The minimum absolute atomic E-state index is 0.128. The first kappa shape index (κ1) is 20.5. The molecular weight excluding hydrogens is 391 g/mol. The Kier molecular flexibility index (Phi) is 5.56. The molecular formula is C23H24F3N3O. The fraction of sp³-hybridized carbons (Fsp3) is 0.348. The number of aromatic nitrogens is 1. The average molecular weight is 415 g/mol. The maximum Gasteiger partial charge on any atom is 0.418 e. The molecule has 1 aliphatic heterocycles. The molecule has 0 bridgehead atoms. The number of halogens is 3. The third-order valence-electron chi connectivity index (χ3n) is 5.50. The number of nitrogens with one attached hydrogen (secondary N) is 1. The highest BCUT2D eigenvalue weighted by atomic mass is 19.4. The molecule has 0 aliphatic carbocycles. The zero-order chi connectivity index (χ0) is 21.3. The minimum Gasteiger partial charge on any atom is -0.387 e. The number of hydrogen-bond acceptors (Lipinski definition) is 4. The van der Waals surface area contributed by atoms with Crippen LogP contribution in [0.4, 0.5) is 24.5 Å². The van der Waals surface area contributed by atoms with Gasteiger partial charge in [0.15, 0.2) is 0 Å². The zero-order valence-corrected chi connectivity index (χ0v) is 16.7. The summed E-state index contributed by atoms with van der Waals surface area (Å²) in [7, 11) is 0. The van der Waals surface area contributed by atoms with E-state index in [2.05, 4.69) is 15.2 Å². The fourth-order valence-electron chi connectivity index (χ4n) is 4.09. The number of fused-ring (bicyclic) bond motifs is 1. The van der Waals surface area contributed by atoms with Gasteiger partial charge in [-0.3, -0.25) is 4.98 Å². The van der Waals surface area contributed by atoms with Gasteiger partial charge in [-0.1, -0.05) is 24.3 Å². The molecule has 0 saturated carbocycles. The predicted octanol–water partition coefficient (Wildman–Crippen LogP) is 5.31. The van der Waals surface area contributed by atoms with Crippen LogP contribution in [0.3, 0.4) is 0 Å². The lowest BCUT2D eigenvalue weighted by Gasteiger charge is -2.23. The SMILES string of the molecule is Cc1cc(C(O)CNc2ccccc2N2CCCC2)c2cccc(C(F)(F)F)c2n1. The van der Waals surface area contributed by atoms with Crippen molar-refractivity contribution >= 4 is 22.3 Å². The van der Waals surface area contributed by atoms with Gasteiger partial charge in [0, 0.05) is 30.7 Å². The monoisotopic (exact) mass is 415 g/mol. The van der Waals surface area contributed by atoms with Gasteiger partial charge in [-0.05, 0) is 49.6 Å². The number of aliphatic hydroxyl groups is 1. The van der Waals surface area contributed by atoms with E-state index in [0.29, 0.717) is 16.6 Å². The molecule has 0 spiro atoms. The van der Waals surface area contributed by atoms with Crippen molar-refractivity contribution in [1.82, 2.24) is 4.98 Å². The van der Waals surface area contributed by atoms with Crippen LogP contribution in [-0.4, -0.2) is 29.7 Å². The van der Waals surface area contributed by atoms with Crippen LogP contribution in [0.15, 0.2) is 48.5 Å². The topological polar surface area (TPSA) is 48.4 Å². The number of anilines is 2. The molecule has 30 heavy (non-hydrogen) atoms.